The summed E-state index contributed by atoms with van der Waals surface area (Å²) in [5, 5.41) is 0. The van der Waals surface area contributed by atoms with E-state index in [0.717, 1.165) is 26.1 Å². The van der Waals surface area contributed by atoms with Gasteiger partial charge in [0.2, 0.25) is 0 Å². The minimum absolute atomic E-state index is 0. The second-order valence-corrected chi connectivity index (χ2v) is 27.0. The number of rotatable bonds is 12. The fourth-order valence-electron chi connectivity index (χ4n) is 4.16. The van der Waals surface area contributed by atoms with Crippen molar-refractivity contribution in [1.82, 2.24) is 0 Å². The molecule has 0 saturated carbocycles. The van der Waals surface area contributed by atoms with Crippen LogP contribution in [0.15, 0.2) is 42.0 Å². The fourth-order valence-corrected chi connectivity index (χ4v) is 13.7. The SMILES string of the molecule is C[C](C)=[Zr]([C]1=C(CCCO[Si](C)(C)C)C=CC1)[C]1=C(CCCO[Si](C)(C)C)C=CC1.Cl.Cl. The molecule has 2 aliphatic rings. The second kappa shape index (κ2) is 14.9. The maximum atomic E-state index is 6.10. The van der Waals surface area contributed by atoms with Gasteiger partial charge in [-0.05, 0) is 0 Å². The van der Waals surface area contributed by atoms with Crippen molar-refractivity contribution in [3.63, 3.8) is 0 Å². The third-order valence-corrected chi connectivity index (χ3v) is 15.6. The molecule has 0 amide bonds. The normalized spacial score (nSPS) is 15.9. The van der Waals surface area contributed by atoms with E-state index in [2.05, 4.69) is 77.4 Å². The first-order valence-corrected chi connectivity index (χ1v) is 22.2. The molecule has 0 unspecified atom stereocenters. The third kappa shape index (κ3) is 11.4. The predicted molar refractivity (Wildman–Crippen MR) is 149 cm³/mol. The summed E-state index contributed by atoms with van der Waals surface area (Å²) in [6.07, 6.45) is 16.8. The quantitative estimate of drug-likeness (QED) is 0.167. The van der Waals surface area contributed by atoms with E-state index in [0.29, 0.717) is 0 Å². The van der Waals surface area contributed by atoms with Crippen LogP contribution in [0.4, 0.5) is 0 Å². The first-order valence-electron chi connectivity index (χ1n) is 11.7. The van der Waals surface area contributed by atoms with Gasteiger partial charge >= 0.3 is 197 Å². The van der Waals surface area contributed by atoms with Crippen molar-refractivity contribution in [2.45, 2.75) is 91.7 Å². The van der Waals surface area contributed by atoms with Gasteiger partial charge < -0.3 is 0 Å². The van der Waals surface area contributed by atoms with Crippen LogP contribution in [0.2, 0.25) is 39.3 Å². The van der Waals surface area contributed by atoms with E-state index in [9.17, 15) is 0 Å². The number of allylic oxidation sites excluding steroid dienone is 8. The van der Waals surface area contributed by atoms with Crippen LogP contribution in [0.5, 0.6) is 0 Å². The summed E-state index contributed by atoms with van der Waals surface area (Å²) in [7, 11) is -2.80. The molecule has 0 N–H and O–H groups in total. The zero-order valence-corrected chi connectivity index (χ0v) is 27.7. The average molecular weight is 597 g/mol. The van der Waals surface area contributed by atoms with E-state index in [1.807, 2.05) is 6.56 Å². The van der Waals surface area contributed by atoms with Crippen LogP contribution in [0.3, 0.4) is 0 Å². The van der Waals surface area contributed by atoms with Crippen LogP contribution in [-0.4, -0.2) is 33.1 Å². The van der Waals surface area contributed by atoms with Gasteiger partial charge in [0.15, 0.2) is 0 Å². The minimum atomic E-state index is -1.92. The van der Waals surface area contributed by atoms with Crippen molar-refractivity contribution in [2.75, 3.05) is 13.2 Å². The summed E-state index contributed by atoms with van der Waals surface area (Å²) in [5.74, 6) is 0. The number of halogens is 2. The Kier molecular flexibility index (Phi) is 15.2. The standard InChI is InChI=1S/2C11H19OSi.C3H6.2ClH.Zr/c2*1-13(2,3)12-10-6-9-11-7-4-5-8-11;1-3-2;;;/h2*4,7H,5-6,9-10H2,1-3H3;1-2H3;2*1H;. The molecular weight excluding hydrogens is 551 g/mol. The van der Waals surface area contributed by atoms with Crippen molar-refractivity contribution in [3.05, 3.63) is 42.0 Å². The van der Waals surface area contributed by atoms with E-state index in [-0.39, 0.29) is 24.8 Å². The van der Waals surface area contributed by atoms with E-state index in [1.165, 1.54) is 25.7 Å². The topological polar surface area (TPSA) is 18.5 Å². The molecule has 0 saturated heterocycles. The predicted octanol–water partition coefficient (Wildman–Crippen LogP) is 8.35. The molecule has 0 fully saturated rings. The van der Waals surface area contributed by atoms with Gasteiger partial charge in [0.05, 0.1) is 0 Å². The maximum absolute atomic E-state index is 6.10. The summed E-state index contributed by atoms with van der Waals surface area (Å²) >= 11 is -1.92. The van der Waals surface area contributed by atoms with Crippen molar-refractivity contribution in [3.8, 4) is 0 Å². The van der Waals surface area contributed by atoms with E-state index in [1.54, 1.807) is 14.4 Å². The monoisotopic (exact) mass is 594 g/mol. The number of hydrogen-bond donors (Lipinski definition) is 0. The van der Waals surface area contributed by atoms with E-state index < -0.39 is 37.9 Å². The molecule has 0 radical (unpaired) electrons. The first-order chi connectivity index (χ1) is 14.0. The first kappa shape index (κ1) is 32.6. The zero-order chi connectivity index (χ0) is 22.4. The molecule has 2 rings (SSSR count). The molecule has 2 nitrogen and oxygen atoms in total. The third-order valence-electron chi connectivity index (χ3n) is 5.41. The van der Waals surface area contributed by atoms with Crippen molar-refractivity contribution in [2.24, 2.45) is 0 Å². The number of hydrogen-bond acceptors (Lipinski definition) is 2. The molecule has 2 aliphatic carbocycles. The minimum Gasteiger partial charge on any atom is -0.147 e. The maximum Gasteiger partial charge on any atom is -0.147 e. The van der Waals surface area contributed by atoms with Crippen molar-refractivity contribution in [1.29, 1.82) is 0 Å². The van der Waals surface area contributed by atoms with Gasteiger partial charge in [0.25, 0.3) is 0 Å². The van der Waals surface area contributed by atoms with Crippen LogP contribution >= 0.6 is 24.8 Å². The van der Waals surface area contributed by atoms with Gasteiger partial charge in [0, 0.05) is 0 Å². The Morgan fingerprint density at radius 1 is 0.750 bits per heavy atom. The largest absolute Gasteiger partial charge is 0.147 e. The summed E-state index contributed by atoms with van der Waals surface area (Å²) < 4.78 is 17.6. The van der Waals surface area contributed by atoms with Crippen molar-refractivity contribution < 1.29 is 30.1 Å². The molecule has 0 aliphatic heterocycles. The van der Waals surface area contributed by atoms with E-state index in [4.69, 9.17) is 8.85 Å². The fraction of sp³-hybridized carbons (Fsp3) is 0.640. The molecule has 184 valence electrons. The molecule has 0 aromatic rings. The van der Waals surface area contributed by atoms with Gasteiger partial charge in [-0.1, -0.05) is 0 Å². The molecule has 7 heteroatoms. The molecule has 0 heterocycles. The van der Waals surface area contributed by atoms with Crippen LogP contribution in [0, 0.1) is 0 Å². The second-order valence-electron chi connectivity index (χ2n) is 10.7. The zero-order valence-electron chi connectivity index (χ0n) is 21.6. The Hall–Kier alpha value is 0.647. The van der Waals surface area contributed by atoms with Crippen LogP contribution < -0.4 is 0 Å². The molecule has 0 aromatic carbocycles. The Balaban J connectivity index is 0.00000480. The van der Waals surface area contributed by atoms with Gasteiger partial charge in [-0.2, -0.15) is 0 Å². The van der Waals surface area contributed by atoms with Crippen LogP contribution in [-0.2, 0) is 30.1 Å². The summed E-state index contributed by atoms with van der Waals surface area (Å²) in [6.45, 7) is 20.3. The van der Waals surface area contributed by atoms with E-state index >= 15 is 0 Å². The van der Waals surface area contributed by atoms with Gasteiger partial charge in [-0.3, -0.25) is 0 Å². The molecule has 0 spiro atoms. The van der Waals surface area contributed by atoms with Gasteiger partial charge in [-0.25, -0.2) is 0 Å². The van der Waals surface area contributed by atoms with Crippen LogP contribution in [0.1, 0.15) is 52.4 Å². The van der Waals surface area contributed by atoms with Crippen molar-refractivity contribution >= 4 is 44.7 Å². The van der Waals surface area contributed by atoms with Gasteiger partial charge in [0.1, 0.15) is 0 Å². The Bertz CT molecular complexity index is 708. The molecule has 0 aromatic heterocycles. The van der Waals surface area contributed by atoms with Gasteiger partial charge in [-0.15, -0.1) is 24.8 Å². The Morgan fingerprint density at radius 3 is 1.44 bits per heavy atom. The summed E-state index contributed by atoms with van der Waals surface area (Å²) in [5.41, 5.74) is 3.29. The summed E-state index contributed by atoms with van der Waals surface area (Å²) in [4.78, 5) is 0. The molecule has 32 heavy (non-hydrogen) atoms. The van der Waals surface area contributed by atoms with Crippen LogP contribution in [0.25, 0.3) is 0 Å². The summed E-state index contributed by atoms with van der Waals surface area (Å²) in [6, 6.07) is 0. The average Bonchev–Trinajstić information content (AvgIpc) is 3.24. The molecule has 0 bridgehead atoms. The molecular formula is C25H46Cl2O2Si2Zr. The Labute approximate surface area is 220 Å². The Morgan fingerprint density at radius 2 is 1.12 bits per heavy atom. The smallest absolute Gasteiger partial charge is 0.147 e. The molecule has 0 atom stereocenters.